The second-order valence-corrected chi connectivity index (χ2v) is 12.2. The number of nitrogens with two attached hydrogens (primary N) is 1. The number of amides is 2. The maximum atomic E-state index is 11.7. The molecule has 0 aromatic heterocycles. The summed E-state index contributed by atoms with van der Waals surface area (Å²) in [4.78, 5) is 11.1. The summed E-state index contributed by atoms with van der Waals surface area (Å²) in [5, 5.41) is 25.0. The minimum atomic E-state index is -0.431. The van der Waals surface area contributed by atoms with Gasteiger partial charge in [0, 0.05) is 6.54 Å². The van der Waals surface area contributed by atoms with Crippen LogP contribution in [0.2, 0.25) is 0 Å². The van der Waals surface area contributed by atoms with Crippen LogP contribution in [0.15, 0.2) is 0 Å². The lowest BCUT2D eigenvalue weighted by Crippen LogP contribution is -2.62. The number of carbonyl (C=O) groups is 1. The van der Waals surface area contributed by atoms with Crippen LogP contribution in [0.25, 0.3) is 0 Å². The topological polar surface area (TPSA) is 95.6 Å². The molecule has 31 heavy (non-hydrogen) atoms. The molecule has 5 nitrogen and oxygen atoms in total. The minimum Gasteiger partial charge on any atom is -0.393 e. The first-order valence-electron chi connectivity index (χ1n) is 13.0. The molecule has 5 heteroatoms. The quantitative estimate of drug-likeness (QED) is 0.519. The molecule has 0 aromatic rings. The number of primary amides is 1. The Bertz CT molecular complexity index is 671. The Hall–Kier alpha value is -0.810. The number of hydrogen-bond donors (Lipinski definition) is 4. The van der Waals surface area contributed by atoms with Crippen LogP contribution < -0.4 is 11.1 Å². The van der Waals surface area contributed by atoms with Gasteiger partial charge < -0.3 is 21.3 Å². The summed E-state index contributed by atoms with van der Waals surface area (Å²) in [6, 6.07) is -0.431. The van der Waals surface area contributed by atoms with Crippen molar-refractivity contribution < 1.29 is 15.0 Å². The van der Waals surface area contributed by atoms with Gasteiger partial charge in [-0.05, 0) is 104 Å². The van der Waals surface area contributed by atoms with E-state index in [2.05, 4.69) is 33.0 Å². The van der Waals surface area contributed by atoms with E-state index in [0.717, 1.165) is 32.1 Å². The predicted molar refractivity (Wildman–Crippen MR) is 123 cm³/mol. The van der Waals surface area contributed by atoms with Crippen molar-refractivity contribution in [2.75, 3.05) is 6.54 Å². The van der Waals surface area contributed by atoms with Crippen LogP contribution in [0.5, 0.6) is 0 Å². The molecular formula is C26H46N2O3. The van der Waals surface area contributed by atoms with Crippen molar-refractivity contribution in [3.05, 3.63) is 0 Å². The highest BCUT2D eigenvalue weighted by atomic mass is 16.3. The van der Waals surface area contributed by atoms with Crippen LogP contribution in [0.4, 0.5) is 4.79 Å². The highest BCUT2D eigenvalue weighted by Crippen LogP contribution is 2.69. The number of aliphatic hydroxyl groups excluding tert-OH is 2. The first-order chi connectivity index (χ1) is 14.6. The van der Waals surface area contributed by atoms with E-state index in [-0.39, 0.29) is 23.0 Å². The summed E-state index contributed by atoms with van der Waals surface area (Å²) in [5.74, 6) is 3.56. The van der Waals surface area contributed by atoms with Crippen LogP contribution in [-0.4, -0.2) is 35.0 Å². The summed E-state index contributed by atoms with van der Waals surface area (Å²) < 4.78 is 0. The SMILES string of the molecule is CC[C@H]1[C@@H](O)C2C3CC[C@H](C(C)CCNC(N)=O)[C@@]3(C)CCC2[C@@]2(C)CC[C@@H](O)C[C@@H]12. The zero-order valence-electron chi connectivity index (χ0n) is 20.1. The molecule has 0 heterocycles. The Kier molecular flexibility index (Phi) is 6.42. The Morgan fingerprint density at radius 1 is 1.06 bits per heavy atom. The van der Waals surface area contributed by atoms with E-state index in [1.165, 1.54) is 25.7 Å². The minimum absolute atomic E-state index is 0.185. The Morgan fingerprint density at radius 2 is 1.74 bits per heavy atom. The van der Waals surface area contributed by atoms with Crippen LogP contribution in [0.1, 0.15) is 85.5 Å². The van der Waals surface area contributed by atoms with Gasteiger partial charge in [0.05, 0.1) is 12.2 Å². The predicted octanol–water partition coefficient (Wildman–Crippen LogP) is 4.31. The molecule has 4 aliphatic carbocycles. The second kappa shape index (κ2) is 8.52. The van der Waals surface area contributed by atoms with Crippen molar-refractivity contribution in [2.24, 2.45) is 58.0 Å². The molecule has 178 valence electrons. The lowest BCUT2D eigenvalue weighted by atomic mass is 9.41. The lowest BCUT2D eigenvalue weighted by molar-refractivity contribution is -0.203. The molecule has 11 atom stereocenters. The number of carbonyl (C=O) groups excluding carboxylic acids is 1. The Morgan fingerprint density at radius 3 is 2.42 bits per heavy atom. The molecule has 0 aromatic carbocycles. The van der Waals surface area contributed by atoms with Gasteiger partial charge >= 0.3 is 6.03 Å². The summed E-state index contributed by atoms with van der Waals surface area (Å²) in [5.41, 5.74) is 5.81. The molecular weight excluding hydrogens is 388 g/mol. The van der Waals surface area contributed by atoms with Crippen molar-refractivity contribution in [1.82, 2.24) is 5.32 Å². The third-order valence-corrected chi connectivity index (χ3v) is 11.0. The van der Waals surface area contributed by atoms with E-state index in [0.29, 0.717) is 48.0 Å². The fourth-order valence-electron chi connectivity index (χ4n) is 9.56. The van der Waals surface area contributed by atoms with Gasteiger partial charge in [-0.15, -0.1) is 0 Å². The van der Waals surface area contributed by atoms with E-state index >= 15 is 0 Å². The molecule has 4 unspecified atom stereocenters. The number of hydrogen-bond acceptors (Lipinski definition) is 3. The van der Waals surface area contributed by atoms with Gasteiger partial charge in [-0.25, -0.2) is 4.79 Å². The Labute approximate surface area is 188 Å². The van der Waals surface area contributed by atoms with Crippen molar-refractivity contribution in [2.45, 2.75) is 97.7 Å². The zero-order chi connectivity index (χ0) is 22.6. The van der Waals surface area contributed by atoms with Crippen molar-refractivity contribution in [3.8, 4) is 0 Å². The number of aliphatic hydroxyl groups is 2. The summed E-state index contributed by atoms with van der Waals surface area (Å²) in [6.45, 7) is 10.3. The molecule has 4 fully saturated rings. The molecule has 5 N–H and O–H groups in total. The van der Waals surface area contributed by atoms with Crippen LogP contribution in [0.3, 0.4) is 0 Å². The highest BCUT2D eigenvalue weighted by Gasteiger charge is 2.64. The average molecular weight is 435 g/mol. The smallest absolute Gasteiger partial charge is 0.312 e. The molecule has 4 aliphatic rings. The number of nitrogens with one attached hydrogen (secondary N) is 1. The maximum Gasteiger partial charge on any atom is 0.312 e. The molecule has 0 aliphatic heterocycles. The summed E-state index contributed by atoms with van der Waals surface area (Å²) in [6.07, 6.45) is 9.44. The average Bonchev–Trinajstić information content (AvgIpc) is 3.06. The first kappa shape index (κ1) is 23.4. The highest BCUT2D eigenvalue weighted by molar-refractivity contribution is 5.71. The maximum absolute atomic E-state index is 11.7. The lowest BCUT2D eigenvalue weighted by Gasteiger charge is -2.64. The van der Waals surface area contributed by atoms with Gasteiger partial charge in [-0.1, -0.05) is 34.1 Å². The number of rotatable bonds is 5. The van der Waals surface area contributed by atoms with Gasteiger partial charge in [0.25, 0.3) is 0 Å². The number of fused-ring (bicyclic) bond motifs is 5. The summed E-state index contributed by atoms with van der Waals surface area (Å²) in [7, 11) is 0. The van der Waals surface area contributed by atoms with E-state index in [1.54, 1.807) is 0 Å². The molecule has 2 amide bonds. The van der Waals surface area contributed by atoms with Gasteiger partial charge in [0.15, 0.2) is 0 Å². The van der Waals surface area contributed by atoms with Crippen LogP contribution >= 0.6 is 0 Å². The largest absolute Gasteiger partial charge is 0.393 e. The van der Waals surface area contributed by atoms with Crippen LogP contribution in [0, 0.1) is 52.3 Å². The molecule has 4 saturated carbocycles. The van der Waals surface area contributed by atoms with Crippen LogP contribution in [-0.2, 0) is 0 Å². The second-order valence-electron chi connectivity index (χ2n) is 12.2. The molecule has 0 saturated heterocycles. The first-order valence-corrected chi connectivity index (χ1v) is 13.0. The van der Waals surface area contributed by atoms with Gasteiger partial charge in [0.2, 0.25) is 0 Å². The third kappa shape index (κ3) is 3.72. The fraction of sp³-hybridized carbons (Fsp3) is 0.962. The molecule has 0 radical (unpaired) electrons. The van der Waals surface area contributed by atoms with E-state index < -0.39 is 6.03 Å². The van der Waals surface area contributed by atoms with E-state index in [1.807, 2.05) is 0 Å². The van der Waals surface area contributed by atoms with Crippen molar-refractivity contribution >= 4 is 6.03 Å². The fourth-order valence-corrected chi connectivity index (χ4v) is 9.56. The number of urea groups is 1. The monoisotopic (exact) mass is 434 g/mol. The van der Waals surface area contributed by atoms with Crippen molar-refractivity contribution in [1.29, 1.82) is 0 Å². The van der Waals surface area contributed by atoms with Gasteiger partial charge in [-0.2, -0.15) is 0 Å². The molecule has 0 bridgehead atoms. The summed E-state index contributed by atoms with van der Waals surface area (Å²) >= 11 is 0. The molecule has 4 rings (SSSR count). The van der Waals surface area contributed by atoms with E-state index in [4.69, 9.17) is 5.73 Å². The molecule has 0 spiro atoms. The standard InChI is InChI=1S/C26H46N2O3/c1-5-17-21-14-16(29)8-11-26(21,4)20-9-12-25(3)18(15(2)10-13-28-24(27)31)6-7-19(25)22(20)23(17)30/h15-23,29-30H,5-14H2,1-4H3,(H3,27,28,31)/t15?,16-,17-,18-,19?,20?,21+,22?,23-,25-,26-/m1/s1. The zero-order valence-corrected chi connectivity index (χ0v) is 20.1. The van der Waals surface area contributed by atoms with Gasteiger partial charge in [0.1, 0.15) is 0 Å². The Balaban J connectivity index is 1.57. The normalized spacial score (nSPS) is 50.1. The van der Waals surface area contributed by atoms with Crippen molar-refractivity contribution in [3.63, 3.8) is 0 Å². The van der Waals surface area contributed by atoms with E-state index in [9.17, 15) is 15.0 Å². The third-order valence-electron chi connectivity index (χ3n) is 11.0. The van der Waals surface area contributed by atoms with Gasteiger partial charge in [-0.3, -0.25) is 0 Å².